The van der Waals surface area contributed by atoms with Crippen molar-refractivity contribution in [3.05, 3.63) is 0 Å². The lowest BCUT2D eigenvalue weighted by Gasteiger charge is -2.18. The molecule has 0 unspecified atom stereocenters. The zero-order valence-electron chi connectivity index (χ0n) is 41.1. The summed E-state index contributed by atoms with van der Waals surface area (Å²) in [5, 5.41) is 0. The van der Waals surface area contributed by atoms with Gasteiger partial charge in [-0.3, -0.25) is 14.4 Å². The summed E-state index contributed by atoms with van der Waals surface area (Å²) in [7, 11) is 0. The molecule has 0 aromatic rings. The fourth-order valence-electron chi connectivity index (χ4n) is 8.17. The maximum absolute atomic E-state index is 12.8. The number of unbranched alkanes of at least 4 members (excludes halogenated alkanes) is 33. The van der Waals surface area contributed by atoms with Crippen molar-refractivity contribution in [2.45, 2.75) is 304 Å². The van der Waals surface area contributed by atoms with Gasteiger partial charge in [-0.1, -0.05) is 259 Å². The number of rotatable bonds is 48. The van der Waals surface area contributed by atoms with E-state index in [0.717, 1.165) is 69.6 Å². The molecule has 0 spiro atoms. The summed E-state index contributed by atoms with van der Waals surface area (Å²) < 4.78 is 16.8. The molecule has 0 aliphatic carbocycles. The molecule has 0 N–H and O–H groups in total. The van der Waals surface area contributed by atoms with E-state index < -0.39 is 6.10 Å². The molecule has 0 aromatic carbocycles. The minimum absolute atomic E-state index is 0.0633. The van der Waals surface area contributed by atoms with E-state index in [1.54, 1.807) is 0 Å². The first kappa shape index (κ1) is 58.4. The van der Waals surface area contributed by atoms with Gasteiger partial charge in [-0.05, 0) is 31.1 Å². The van der Waals surface area contributed by atoms with Gasteiger partial charge < -0.3 is 14.2 Å². The molecule has 6 nitrogen and oxygen atoms in total. The molecule has 0 saturated carbocycles. The molecule has 6 heteroatoms. The van der Waals surface area contributed by atoms with E-state index in [9.17, 15) is 14.4 Å². The third-order valence-electron chi connectivity index (χ3n) is 12.2. The maximum atomic E-state index is 12.8. The molecule has 0 amide bonds. The number of carbonyl (C=O) groups is 3. The second-order valence-corrected chi connectivity index (χ2v) is 19.5. The maximum Gasteiger partial charge on any atom is 0.306 e. The van der Waals surface area contributed by atoms with E-state index in [-0.39, 0.29) is 31.1 Å². The summed E-state index contributed by atoms with van der Waals surface area (Å²) in [6.45, 7) is 11.4. The number of carbonyl (C=O) groups excluding carboxylic acids is 3. The van der Waals surface area contributed by atoms with Crippen LogP contribution in [0.4, 0.5) is 0 Å². The van der Waals surface area contributed by atoms with Crippen LogP contribution in [0.3, 0.4) is 0 Å². The molecule has 0 rings (SSSR count). The fourth-order valence-corrected chi connectivity index (χ4v) is 8.17. The quantitative estimate of drug-likeness (QED) is 0.0345. The van der Waals surface area contributed by atoms with Gasteiger partial charge >= 0.3 is 17.9 Å². The summed E-state index contributed by atoms with van der Waals surface area (Å²) >= 11 is 0. The van der Waals surface area contributed by atoms with Gasteiger partial charge in [0, 0.05) is 19.3 Å². The molecule has 0 saturated heterocycles. The van der Waals surface area contributed by atoms with Crippen LogP contribution in [0.2, 0.25) is 0 Å². The van der Waals surface area contributed by atoms with Gasteiger partial charge in [0.05, 0.1) is 0 Å². The Morgan fingerprint density at radius 1 is 0.317 bits per heavy atom. The van der Waals surface area contributed by atoms with Crippen molar-refractivity contribution < 1.29 is 28.6 Å². The lowest BCUT2D eigenvalue weighted by atomic mass is 10.0. The first-order valence-corrected chi connectivity index (χ1v) is 26.7. The Hall–Kier alpha value is -1.59. The van der Waals surface area contributed by atoms with Crippen LogP contribution < -0.4 is 0 Å². The predicted octanol–water partition coefficient (Wildman–Crippen LogP) is 17.3. The molecule has 1 atom stereocenters. The molecule has 0 fully saturated rings. The van der Waals surface area contributed by atoms with Crippen molar-refractivity contribution >= 4 is 17.9 Å². The van der Waals surface area contributed by atoms with Gasteiger partial charge in [0.25, 0.3) is 0 Å². The van der Waals surface area contributed by atoms with Gasteiger partial charge in [0.2, 0.25) is 0 Å². The van der Waals surface area contributed by atoms with E-state index in [1.807, 2.05) is 0 Å². The molecule has 0 heterocycles. The lowest BCUT2D eigenvalue weighted by molar-refractivity contribution is -0.167. The van der Waals surface area contributed by atoms with Crippen LogP contribution in [0.15, 0.2) is 0 Å². The number of hydrogen-bond acceptors (Lipinski definition) is 6. The smallest absolute Gasteiger partial charge is 0.306 e. The lowest BCUT2D eigenvalue weighted by Crippen LogP contribution is -2.30. The highest BCUT2D eigenvalue weighted by atomic mass is 16.6. The van der Waals surface area contributed by atoms with Crippen LogP contribution in [0, 0.1) is 11.8 Å². The molecule has 0 bridgehead atoms. The molecule has 0 aliphatic rings. The normalized spacial score (nSPS) is 12.1. The topological polar surface area (TPSA) is 78.9 Å². The van der Waals surface area contributed by atoms with E-state index in [1.165, 1.54) is 186 Å². The first-order valence-electron chi connectivity index (χ1n) is 26.7. The average molecular weight is 849 g/mol. The second-order valence-electron chi connectivity index (χ2n) is 19.5. The van der Waals surface area contributed by atoms with Crippen LogP contribution in [0.5, 0.6) is 0 Å². The summed E-state index contributed by atoms with van der Waals surface area (Å²) in [6.07, 6.45) is 48.0. The van der Waals surface area contributed by atoms with Crippen LogP contribution >= 0.6 is 0 Å². The van der Waals surface area contributed by atoms with Crippen molar-refractivity contribution in [3.8, 4) is 0 Å². The molecule has 0 aromatic heterocycles. The minimum atomic E-state index is -0.761. The predicted molar refractivity (Wildman–Crippen MR) is 256 cm³/mol. The molecular weight excluding hydrogens is 745 g/mol. The SMILES string of the molecule is CCCCCCCCCCCCCC(=O)OC[C@H](COC(=O)CCCCCCCCCCCCCCCC(C)C)OC(=O)CCCCCCCCCCCCCCC(C)C. The second kappa shape index (κ2) is 46.9. The highest BCUT2D eigenvalue weighted by molar-refractivity contribution is 5.71. The van der Waals surface area contributed by atoms with Crippen molar-refractivity contribution in [2.75, 3.05) is 13.2 Å². The largest absolute Gasteiger partial charge is 0.462 e. The molecule has 60 heavy (non-hydrogen) atoms. The van der Waals surface area contributed by atoms with Gasteiger partial charge in [0.1, 0.15) is 13.2 Å². The fraction of sp³-hybridized carbons (Fsp3) is 0.944. The van der Waals surface area contributed by atoms with Crippen molar-refractivity contribution in [1.82, 2.24) is 0 Å². The highest BCUT2D eigenvalue weighted by Gasteiger charge is 2.19. The van der Waals surface area contributed by atoms with Gasteiger partial charge in [-0.15, -0.1) is 0 Å². The minimum Gasteiger partial charge on any atom is -0.462 e. The number of hydrogen-bond donors (Lipinski definition) is 0. The van der Waals surface area contributed by atoms with Crippen LogP contribution in [-0.4, -0.2) is 37.2 Å². The first-order chi connectivity index (χ1) is 29.2. The van der Waals surface area contributed by atoms with E-state index >= 15 is 0 Å². The van der Waals surface area contributed by atoms with E-state index in [4.69, 9.17) is 14.2 Å². The summed E-state index contributed by atoms with van der Waals surface area (Å²) in [6, 6.07) is 0. The Bertz CT molecular complexity index is 916. The summed E-state index contributed by atoms with van der Waals surface area (Å²) in [5.74, 6) is 0.826. The summed E-state index contributed by atoms with van der Waals surface area (Å²) in [4.78, 5) is 38.0. The van der Waals surface area contributed by atoms with E-state index in [0.29, 0.717) is 19.3 Å². The highest BCUT2D eigenvalue weighted by Crippen LogP contribution is 2.18. The van der Waals surface area contributed by atoms with Crippen LogP contribution in [0.1, 0.15) is 298 Å². The molecule has 356 valence electrons. The Kier molecular flexibility index (Phi) is 45.7. The molecule has 0 radical (unpaired) electrons. The Morgan fingerprint density at radius 2 is 0.550 bits per heavy atom. The van der Waals surface area contributed by atoms with E-state index in [2.05, 4.69) is 34.6 Å². The zero-order chi connectivity index (χ0) is 44.0. The Balaban J connectivity index is 4.29. The molecular formula is C54H104O6. The Morgan fingerprint density at radius 3 is 0.817 bits per heavy atom. The van der Waals surface area contributed by atoms with Crippen molar-refractivity contribution in [2.24, 2.45) is 11.8 Å². The van der Waals surface area contributed by atoms with Crippen LogP contribution in [0.25, 0.3) is 0 Å². The van der Waals surface area contributed by atoms with Gasteiger partial charge in [-0.25, -0.2) is 0 Å². The van der Waals surface area contributed by atoms with Crippen LogP contribution in [-0.2, 0) is 28.6 Å². The average Bonchev–Trinajstić information content (AvgIpc) is 3.22. The van der Waals surface area contributed by atoms with Gasteiger partial charge in [-0.2, -0.15) is 0 Å². The zero-order valence-corrected chi connectivity index (χ0v) is 41.1. The number of ether oxygens (including phenoxy) is 3. The molecule has 0 aliphatic heterocycles. The number of esters is 3. The van der Waals surface area contributed by atoms with Gasteiger partial charge in [0.15, 0.2) is 6.10 Å². The standard InChI is InChI=1S/C54H104O6/c1-6-7-8-9-10-11-17-24-29-34-39-44-52(55)58-47-51(60-54(57)46-41-36-31-26-21-16-15-19-23-28-33-38-43-50(4)5)48-59-53(56)45-40-35-30-25-20-14-12-13-18-22-27-32-37-42-49(2)3/h49-51H,6-48H2,1-5H3/t51-/m1/s1. The summed E-state index contributed by atoms with van der Waals surface area (Å²) in [5.41, 5.74) is 0. The van der Waals surface area contributed by atoms with Crippen molar-refractivity contribution in [3.63, 3.8) is 0 Å². The monoisotopic (exact) mass is 849 g/mol. The Labute approximate surface area is 374 Å². The van der Waals surface area contributed by atoms with Crippen molar-refractivity contribution in [1.29, 1.82) is 0 Å². The third-order valence-corrected chi connectivity index (χ3v) is 12.2. The third kappa shape index (κ3) is 47.5.